The Hall–Kier alpha value is -1.96. The summed E-state index contributed by atoms with van der Waals surface area (Å²) < 4.78 is 40.3. The lowest BCUT2D eigenvalue weighted by Gasteiger charge is -2.18. The maximum absolute atomic E-state index is 14.3. The van der Waals surface area contributed by atoms with Gasteiger partial charge in [0.1, 0.15) is 5.82 Å². The Labute approximate surface area is 151 Å². The lowest BCUT2D eigenvalue weighted by Crippen LogP contribution is -2.30. The number of sulfonamides is 1. The number of nitrogens with zero attached hydrogens (tertiary/aromatic N) is 1. The second kappa shape index (κ2) is 7.95. The summed E-state index contributed by atoms with van der Waals surface area (Å²) in [4.78, 5) is 12.0. The number of nitrogens with one attached hydrogen (secondary N) is 1. The molecule has 1 N–H and O–H groups in total. The summed E-state index contributed by atoms with van der Waals surface area (Å²) in [6.07, 6.45) is 0. The summed E-state index contributed by atoms with van der Waals surface area (Å²) in [5.74, 6) is -1.42. The van der Waals surface area contributed by atoms with Crippen molar-refractivity contribution in [2.45, 2.75) is 18.7 Å². The quantitative estimate of drug-likeness (QED) is 0.824. The Bertz CT molecular complexity index is 883. The molecule has 0 fully saturated rings. The van der Waals surface area contributed by atoms with E-state index in [0.717, 1.165) is 6.07 Å². The Morgan fingerprint density at radius 1 is 1.16 bits per heavy atom. The van der Waals surface area contributed by atoms with Gasteiger partial charge in [-0.1, -0.05) is 37.6 Å². The van der Waals surface area contributed by atoms with Crippen LogP contribution in [0.4, 0.5) is 10.1 Å². The first kappa shape index (κ1) is 19.4. The zero-order valence-electron chi connectivity index (χ0n) is 13.8. The van der Waals surface area contributed by atoms with Gasteiger partial charge in [-0.15, -0.1) is 0 Å². The molecular weight excluding hydrogens is 367 g/mol. The smallest absolute Gasteiger partial charge is 0.257 e. The Kier molecular flexibility index (Phi) is 6.16. The molecule has 25 heavy (non-hydrogen) atoms. The van der Waals surface area contributed by atoms with Crippen molar-refractivity contribution < 1.29 is 17.6 Å². The number of hydrogen-bond acceptors (Lipinski definition) is 3. The summed E-state index contributed by atoms with van der Waals surface area (Å²) in [6.45, 7) is 3.97. The SMILES string of the molecule is CCN(CC)S(=O)(=O)c1ccc(NC(=O)c2ccccc2Cl)c(F)c1. The lowest BCUT2D eigenvalue weighted by atomic mass is 10.2. The van der Waals surface area contributed by atoms with Crippen LogP contribution in [0.3, 0.4) is 0 Å². The van der Waals surface area contributed by atoms with Crippen molar-refractivity contribution in [3.63, 3.8) is 0 Å². The molecule has 0 spiro atoms. The van der Waals surface area contributed by atoms with Crippen molar-refractivity contribution in [2.75, 3.05) is 18.4 Å². The molecule has 0 radical (unpaired) electrons. The van der Waals surface area contributed by atoms with Crippen LogP contribution in [0.2, 0.25) is 5.02 Å². The molecule has 0 heterocycles. The maximum atomic E-state index is 14.3. The van der Waals surface area contributed by atoms with E-state index in [0.29, 0.717) is 0 Å². The number of halogens is 2. The molecule has 0 aliphatic heterocycles. The second-order valence-corrected chi connectivity index (χ2v) is 7.51. The van der Waals surface area contributed by atoms with Crippen molar-refractivity contribution in [3.05, 3.63) is 58.9 Å². The van der Waals surface area contributed by atoms with Gasteiger partial charge in [0.25, 0.3) is 5.91 Å². The molecule has 0 unspecified atom stereocenters. The Balaban J connectivity index is 2.29. The highest BCUT2D eigenvalue weighted by Gasteiger charge is 2.23. The van der Waals surface area contributed by atoms with Crippen LogP contribution in [-0.2, 0) is 10.0 Å². The van der Waals surface area contributed by atoms with Gasteiger partial charge in [0.15, 0.2) is 0 Å². The van der Waals surface area contributed by atoms with E-state index in [9.17, 15) is 17.6 Å². The van der Waals surface area contributed by atoms with Gasteiger partial charge >= 0.3 is 0 Å². The zero-order valence-corrected chi connectivity index (χ0v) is 15.4. The highest BCUT2D eigenvalue weighted by atomic mass is 35.5. The molecule has 0 atom stereocenters. The number of amides is 1. The molecule has 0 bridgehead atoms. The van der Waals surface area contributed by atoms with E-state index in [1.165, 1.54) is 22.5 Å². The monoisotopic (exact) mass is 384 g/mol. The highest BCUT2D eigenvalue weighted by Crippen LogP contribution is 2.23. The van der Waals surface area contributed by atoms with Crippen LogP contribution in [-0.4, -0.2) is 31.7 Å². The number of rotatable bonds is 6. The Morgan fingerprint density at radius 2 is 1.80 bits per heavy atom. The van der Waals surface area contributed by atoms with Crippen molar-refractivity contribution in [3.8, 4) is 0 Å². The molecule has 1 amide bonds. The summed E-state index contributed by atoms with van der Waals surface area (Å²) in [5.41, 5.74) is 0.0758. The molecule has 2 aromatic rings. The van der Waals surface area contributed by atoms with Crippen molar-refractivity contribution in [1.82, 2.24) is 4.31 Å². The second-order valence-electron chi connectivity index (χ2n) is 5.16. The topological polar surface area (TPSA) is 66.5 Å². The molecule has 0 aliphatic rings. The van der Waals surface area contributed by atoms with E-state index in [1.807, 2.05) is 0 Å². The Morgan fingerprint density at radius 3 is 2.36 bits per heavy atom. The fourth-order valence-corrected chi connectivity index (χ4v) is 4.00. The van der Waals surface area contributed by atoms with Crippen molar-refractivity contribution in [1.29, 1.82) is 0 Å². The molecular formula is C17H18ClFN2O3S. The third kappa shape index (κ3) is 4.18. The fraction of sp³-hybridized carbons (Fsp3) is 0.235. The predicted octanol–water partition coefficient (Wildman–Crippen LogP) is 3.76. The third-order valence-corrected chi connectivity index (χ3v) is 6.03. The molecule has 0 aromatic heterocycles. The van der Waals surface area contributed by atoms with Crippen LogP contribution >= 0.6 is 11.6 Å². The summed E-state index contributed by atoms with van der Waals surface area (Å²) >= 11 is 5.94. The van der Waals surface area contributed by atoms with Crippen LogP contribution in [0, 0.1) is 5.82 Å². The van der Waals surface area contributed by atoms with Crippen LogP contribution in [0.5, 0.6) is 0 Å². The lowest BCUT2D eigenvalue weighted by molar-refractivity contribution is 0.102. The molecule has 2 rings (SSSR count). The van der Waals surface area contributed by atoms with Gasteiger partial charge < -0.3 is 5.32 Å². The molecule has 5 nitrogen and oxygen atoms in total. The highest BCUT2D eigenvalue weighted by molar-refractivity contribution is 7.89. The first-order chi connectivity index (χ1) is 11.8. The van der Waals surface area contributed by atoms with Crippen LogP contribution in [0.25, 0.3) is 0 Å². The standard InChI is InChI=1S/C17H18ClFN2O3S/c1-3-21(4-2)25(23,24)12-9-10-16(15(19)11-12)20-17(22)13-7-5-6-8-14(13)18/h5-11H,3-4H2,1-2H3,(H,20,22). The fourth-order valence-electron chi connectivity index (χ4n) is 2.31. The average Bonchev–Trinajstić information content (AvgIpc) is 2.57. The number of carbonyl (C=O) groups excluding carboxylic acids is 1. The first-order valence-corrected chi connectivity index (χ1v) is 9.48. The number of carbonyl (C=O) groups is 1. The number of anilines is 1. The van der Waals surface area contributed by atoms with Gasteiger partial charge in [-0.3, -0.25) is 4.79 Å². The largest absolute Gasteiger partial charge is 0.319 e. The van der Waals surface area contributed by atoms with Gasteiger partial charge in [0.2, 0.25) is 10.0 Å². The molecule has 0 aliphatic carbocycles. The number of benzene rings is 2. The number of hydrogen-bond donors (Lipinski definition) is 1. The average molecular weight is 385 g/mol. The minimum atomic E-state index is -3.77. The molecule has 134 valence electrons. The summed E-state index contributed by atoms with van der Waals surface area (Å²) in [6, 6.07) is 9.75. The molecule has 2 aromatic carbocycles. The maximum Gasteiger partial charge on any atom is 0.257 e. The van der Waals surface area contributed by atoms with E-state index in [1.54, 1.807) is 32.0 Å². The van der Waals surface area contributed by atoms with Crippen molar-refractivity contribution in [2.24, 2.45) is 0 Å². The van der Waals surface area contributed by atoms with E-state index in [2.05, 4.69) is 5.32 Å². The van der Waals surface area contributed by atoms with E-state index in [4.69, 9.17) is 11.6 Å². The van der Waals surface area contributed by atoms with Gasteiger partial charge in [0, 0.05) is 13.1 Å². The minimum Gasteiger partial charge on any atom is -0.319 e. The molecule has 0 saturated heterocycles. The predicted molar refractivity (Wildman–Crippen MR) is 95.9 cm³/mol. The van der Waals surface area contributed by atoms with Gasteiger partial charge in [-0.2, -0.15) is 4.31 Å². The van der Waals surface area contributed by atoms with E-state index < -0.39 is 21.7 Å². The third-order valence-electron chi connectivity index (χ3n) is 3.65. The normalized spacial score (nSPS) is 11.6. The van der Waals surface area contributed by atoms with Gasteiger partial charge in [-0.05, 0) is 30.3 Å². The van der Waals surface area contributed by atoms with Crippen LogP contribution in [0.15, 0.2) is 47.4 Å². The molecule has 8 heteroatoms. The van der Waals surface area contributed by atoms with Gasteiger partial charge in [-0.25, -0.2) is 12.8 Å². The van der Waals surface area contributed by atoms with Gasteiger partial charge in [0.05, 0.1) is 21.2 Å². The van der Waals surface area contributed by atoms with E-state index in [-0.39, 0.29) is 34.3 Å². The van der Waals surface area contributed by atoms with Crippen molar-refractivity contribution >= 4 is 33.2 Å². The first-order valence-electron chi connectivity index (χ1n) is 7.66. The van der Waals surface area contributed by atoms with Crippen LogP contribution in [0.1, 0.15) is 24.2 Å². The molecule has 0 saturated carbocycles. The van der Waals surface area contributed by atoms with E-state index >= 15 is 0 Å². The zero-order chi connectivity index (χ0) is 18.6. The van der Waals surface area contributed by atoms with Crippen LogP contribution < -0.4 is 5.32 Å². The summed E-state index contributed by atoms with van der Waals surface area (Å²) in [5, 5.41) is 2.63. The summed E-state index contributed by atoms with van der Waals surface area (Å²) in [7, 11) is -3.77. The minimum absolute atomic E-state index is 0.122.